The Morgan fingerprint density at radius 1 is 1.11 bits per heavy atom. The van der Waals surface area contributed by atoms with Crippen LogP contribution in [-0.2, 0) is 0 Å². The van der Waals surface area contributed by atoms with E-state index in [0.717, 1.165) is 0 Å². The number of nitrogens with two attached hydrogens (primary N) is 1. The van der Waals surface area contributed by atoms with Gasteiger partial charge in [-0.1, -0.05) is 36.0 Å². The van der Waals surface area contributed by atoms with Gasteiger partial charge < -0.3 is 10.5 Å². The molecule has 0 bridgehead atoms. The van der Waals surface area contributed by atoms with Gasteiger partial charge in [-0.15, -0.1) is 0 Å². The summed E-state index contributed by atoms with van der Waals surface area (Å²) in [7, 11) is 0. The van der Waals surface area contributed by atoms with E-state index in [9.17, 15) is 8.78 Å². The monoisotopic (exact) mass is 299 g/mol. The van der Waals surface area contributed by atoms with Crippen molar-refractivity contribution >= 4 is 28.8 Å². The average Bonchev–Trinajstić information content (AvgIpc) is 2.34. The predicted molar refractivity (Wildman–Crippen MR) is 73.8 cm³/mol. The van der Waals surface area contributed by atoms with Crippen molar-refractivity contribution in [1.29, 1.82) is 0 Å². The largest absolute Gasteiger partial charge is 0.453 e. The van der Waals surface area contributed by atoms with E-state index < -0.39 is 11.6 Å². The molecular formula is C13H8ClF2NOS. The first-order valence-electron chi connectivity index (χ1n) is 5.21. The van der Waals surface area contributed by atoms with Crippen LogP contribution in [0.3, 0.4) is 0 Å². The van der Waals surface area contributed by atoms with E-state index in [1.165, 1.54) is 36.4 Å². The molecule has 19 heavy (non-hydrogen) atoms. The Morgan fingerprint density at radius 3 is 2.42 bits per heavy atom. The third-order valence-electron chi connectivity index (χ3n) is 2.36. The summed E-state index contributed by atoms with van der Waals surface area (Å²) in [5.41, 5.74) is 5.36. The lowest BCUT2D eigenvalue weighted by molar-refractivity contribution is 0.438. The summed E-state index contributed by atoms with van der Waals surface area (Å²) in [6, 6.07) is 8.31. The molecule has 0 unspecified atom stereocenters. The maximum atomic E-state index is 13.7. The van der Waals surface area contributed by atoms with Crippen molar-refractivity contribution in [2.45, 2.75) is 0 Å². The summed E-state index contributed by atoms with van der Waals surface area (Å²) >= 11 is 10.4. The number of thiocarbonyl (C=S) groups is 1. The van der Waals surface area contributed by atoms with Crippen molar-refractivity contribution in [3.63, 3.8) is 0 Å². The first-order chi connectivity index (χ1) is 9.00. The van der Waals surface area contributed by atoms with Crippen LogP contribution in [0.5, 0.6) is 11.5 Å². The van der Waals surface area contributed by atoms with Crippen molar-refractivity contribution in [2.75, 3.05) is 0 Å². The third kappa shape index (κ3) is 2.83. The highest BCUT2D eigenvalue weighted by atomic mass is 35.5. The molecule has 0 radical (unpaired) electrons. The minimum absolute atomic E-state index is 0.0358. The molecule has 0 saturated heterocycles. The van der Waals surface area contributed by atoms with Gasteiger partial charge in [0.2, 0.25) is 0 Å². The summed E-state index contributed by atoms with van der Waals surface area (Å²) < 4.78 is 32.6. The Bertz CT molecular complexity index is 649. The topological polar surface area (TPSA) is 35.2 Å². The number of hydrogen-bond donors (Lipinski definition) is 1. The average molecular weight is 300 g/mol. The maximum absolute atomic E-state index is 13.7. The summed E-state index contributed by atoms with van der Waals surface area (Å²) in [5.74, 6) is -1.46. The van der Waals surface area contributed by atoms with Crippen LogP contribution in [-0.4, -0.2) is 4.99 Å². The quantitative estimate of drug-likeness (QED) is 0.869. The summed E-state index contributed by atoms with van der Waals surface area (Å²) in [5, 5.41) is -0.0919. The van der Waals surface area contributed by atoms with Gasteiger partial charge in [-0.2, -0.15) is 0 Å². The maximum Gasteiger partial charge on any atom is 0.184 e. The summed E-state index contributed by atoms with van der Waals surface area (Å²) in [6.07, 6.45) is 0. The number of rotatable bonds is 3. The molecule has 2 aromatic carbocycles. The van der Waals surface area contributed by atoms with Gasteiger partial charge in [-0.25, -0.2) is 8.78 Å². The third-order valence-corrected chi connectivity index (χ3v) is 2.85. The van der Waals surface area contributed by atoms with E-state index in [0.29, 0.717) is 0 Å². The summed E-state index contributed by atoms with van der Waals surface area (Å²) in [6.45, 7) is 0. The van der Waals surface area contributed by atoms with E-state index in [-0.39, 0.29) is 27.1 Å². The number of hydrogen-bond acceptors (Lipinski definition) is 2. The first-order valence-corrected chi connectivity index (χ1v) is 5.99. The van der Waals surface area contributed by atoms with E-state index in [1.54, 1.807) is 0 Å². The van der Waals surface area contributed by atoms with Gasteiger partial charge >= 0.3 is 0 Å². The Morgan fingerprint density at radius 2 is 1.74 bits per heavy atom. The SMILES string of the molecule is NC(=S)c1c(F)cccc1Oc1cccc(Cl)c1F. The van der Waals surface area contributed by atoms with Gasteiger partial charge in [-0.05, 0) is 24.3 Å². The number of benzene rings is 2. The van der Waals surface area contributed by atoms with Crippen LogP contribution >= 0.6 is 23.8 Å². The molecule has 2 aromatic rings. The van der Waals surface area contributed by atoms with E-state index >= 15 is 0 Å². The summed E-state index contributed by atoms with van der Waals surface area (Å²) in [4.78, 5) is -0.171. The molecule has 0 atom stereocenters. The minimum atomic E-state index is -0.734. The standard InChI is InChI=1S/C13H8ClF2NOS/c14-7-3-1-6-10(12(7)16)18-9-5-2-4-8(15)11(9)13(17)19/h1-6H,(H2,17,19). The molecule has 2 N–H and O–H groups in total. The Hall–Kier alpha value is -1.72. The van der Waals surface area contributed by atoms with E-state index in [1.807, 2.05) is 0 Å². The van der Waals surface area contributed by atoms with Crippen LogP contribution < -0.4 is 10.5 Å². The normalized spacial score (nSPS) is 10.3. The molecule has 2 rings (SSSR count). The molecule has 0 amide bonds. The lowest BCUT2D eigenvalue weighted by atomic mass is 10.2. The van der Waals surface area contributed by atoms with Crippen LogP contribution in [0.4, 0.5) is 8.78 Å². The molecule has 0 saturated carbocycles. The van der Waals surface area contributed by atoms with Crippen LogP contribution in [0, 0.1) is 11.6 Å². The highest BCUT2D eigenvalue weighted by Gasteiger charge is 2.15. The molecule has 0 aliphatic heterocycles. The second-order valence-corrected chi connectivity index (χ2v) is 4.48. The zero-order valence-electron chi connectivity index (χ0n) is 9.49. The fourth-order valence-corrected chi connectivity index (χ4v) is 1.87. The number of halogens is 3. The Kier molecular flexibility index (Phi) is 3.97. The molecule has 0 heterocycles. The predicted octanol–water partition coefficient (Wildman–Crippen LogP) is 4.04. The zero-order chi connectivity index (χ0) is 14.0. The van der Waals surface area contributed by atoms with Gasteiger partial charge in [-0.3, -0.25) is 0 Å². The molecule has 2 nitrogen and oxygen atoms in total. The van der Waals surface area contributed by atoms with Crippen molar-refractivity contribution in [2.24, 2.45) is 5.73 Å². The molecule has 6 heteroatoms. The molecule has 0 spiro atoms. The van der Waals surface area contributed by atoms with Gasteiger partial charge in [0.25, 0.3) is 0 Å². The molecule has 0 fully saturated rings. The van der Waals surface area contributed by atoms with Gasteiger partial charge in [0.05, 0.1) is 10.6 Å². The highest BCUT2D eigenvalue weighted by molar-refractivity contribution is 7.80. The van der Waals surface area contributed by atoms with Crippen LogP contribution in [0.2, 0.25) is 5.02 Å². The lowest BCUT2D eigenvalue weighted by Gasteiger charge is -2.11. The second-order valence-electron chi connectivity index (χ2n) is 3.63. The van der Waals surface area contributed by atoms with Gasteiger partial charge in [0.1, 0.15) is 16.6 Å². The van der Waals surface area contributed by atoms with Gasteiger partial charge in [0, 0.05) is 0 Å². The van der Waals surface area contributed by atoms with Crippen LogP contribution in [0.1, 0.15) is 5.56 Å². The molecular weight excluding hydrogens is 292 g/mol. The fourth-order valence-electron chi connectivity index (χ4n) is 1.51. The van der Waals surface area contributed by atoms with E-state index in [2.05, 4.69) is 0 Å². The van der Waals surface area contributed by atoms with Crippen molar-refractivity contribution in [3.8, 4) is 11.5 Å². The molecule has 0 aliphatic carbocycles. The Balaban J connectivity index is 2.47. The smallest absolute Gasteiger partial charge is 0.184 e. The first kappa shape index (κ1) is 13.7. The minimum Gasteiger partial charge on any atom is -0.453 e. The molecule has 0 aliphatic rings. The number of ether oxygens (including phenoxy) is 1. The van der Waals surface area contributed by atoms with Crippen molar-refractivity contribution in [1.82, 2.24) is 0 Å². The molecule has 98 valence electrons. The highest BCUT2D eigenvalue weighted by Crippen LogP contribution is 2.31. The van der Waals surface area contributed by atoms with Crippen molar-refractivity contribution < 1.29 is 13.5 Å². The second kappa shape index (κ2) is 5.50. The fraction of sp³-hybridized carbons (Fsp3) is 0. The van der Waals surface area contributed by atoms with Gasteiger partial charge in [0.15, 0.2) is 11.6 Å². The lowest BCUT2D eigenvalue weighted by Crippen LogP contribution is -2.13. The zero-order valence-corrected chi connectivity index (χ0v) is 11.1. The molecule has 0 aromatic heterocycles. The van der Waals surface area contributed by atoms with Crippen LogP contribution in [0.15, 0.2) is 36.4 Å². The Labute approximate surface area is 118 Å². The van der Waals surface area contributed by atoms with Crippen molar-refractivity contribution in [3.05, 3.63) is 58.6 Å². The van der Waals surface area contributed by atoms with Crippen LogP contribution in [0.25, 0.3) is 0 Å². The van der Waals surface area contributed by atoms with E-state index in [4.69, 9.17) is 34.3 Å².